The topological polar surface area (TPSA) is 61.8 Å². The first-order chi connectivity index (χ1) is 8.92. The number of carbonyl (C=O) groups excluding carboxylic acids is 1. The van der Waals surface area contributed by atoms with Crippen LogP contribution in [0.15, 0.2) is 0 Å². The number of alkyl halides is 1. The minimum atomic E-state index is -3.63. The number of ether oxygens (including phenoxy) is 1. The number of carbonyl (C=O) groups is 1. The average molecular weight is 329 g/mol. The van der Waals surface area contributed by atoms with Gasteiger partial charge in [0.25, 0.3) is 0 Å². The van der Waals surface area contributed by atoms with Crippen LogP contribution in [0.2, 0.25) is 0 Å². The molecule has 0 saturated heterocycles. The van der Waals surface area contributed by atoms with Gasteiger partial charge in [0, 0.05) is 5.41 Å². The second-order valence-electron chi connectivity index (χ2n) is 6.19. The highest BCUT2D eigenvalue weighted by atomic mass is 35.5. The molecule has 1 atom stereocenters. The lowest BCUT2D eigenvalue weighted by Crippen LogP contribution is -2.34. The third-order valence-corrected chi connectivity index (χ3v) is 5.20. The van der Waals surface area contributed by atoms with E-state index < -0.39 is 24.8 Å². The molecule has 0 bridgehead atoms. The second-order valence-corrected chi connectivity index (χ2v) is 8.43. The molecule has 5 nitrogen and oxygen atoms in total. The Morgan fingerprint density at radius 3 is 1.75 bits per heavy atom. The fraction of sp³-hybridized carbons (Fsp3) is 0.923. The number of esters is 1. The molecule has 0 spiro atoms. The maximum atomic E-state index is 13.1. The minimum absolute atomic E-state index is 0.310. The molecule has 0 aromatic carbocycles. The zero-order valence-electron chi connectivity index (χ0n) is 13.3. The molecule has 0 amide bonds. The van der Waals surface area contributed by atoms with Gasteiger partial charge in [-0.05, 0) is 27.7 Å². The van der Waals surface area contributed by atoms with Crippen LogP contribution in [0.4, 0.5) is 0 Å². The SMILES string of the molecule is CC(C)OP(=O)(OC(C)C)[C@H](OC(=O)CCl)C(C)(C)C. The molecule has 0 aromatic rings. The van der Waals surface area contributed by atoms with E-state index in [2.05, 4.69) is 0 Å². The van der Waals surface area contributed by atoms with Gasteiger partial charge in [-0.1, -0.05) is 20.8 Å². The van der Waals surface area contributed by atoms with E-state index in [0.717, 1.165) is 0 Å². The van der Waals surface area contributed by atoms with E-state index in [4.69, 9.17) is 25.4 Å². The van der Waals surface area contributed by atoms with Crippen LogP contribution in [0.25, 0.3) is 0 Å². The first kappa shape index (κ1) is 19.9. The maximum Gasteiger partial charge on any atom is 0.371 e. The van der Waals surface area contributed by atoms with Gasteiger partial charge in [0.1, 0.15) is 5.88 Å². The average Bonchev–Trinajstić information content (AvgIpc) is 2.21. The predicted molar refractivity (Wildman–Crippen MR) is 80.1 cm³/mol. The Labute approximate surface area is 126 Å². The van der Waals surface area contributed by atoms with Crippen molar-refractivity contribution in [3.63, 3.8) is 0 Å². The molecule has 0 unspecified atom stereocenters. The van der Waals surface area contributed by atoms with Gasteiger partial charge in [-0.2, -0.15) is 0 Å². The number of halogens is 1. The van der Waals surface area contributed by atoms with Gasteiger partial charge in [-0.15, -0.1) is 11.6 Å². The molecule has 120 valence electrons. The van der Waals surface area contributed by atoms with Crippen LogP contribution in [-0.4, -0.2) is 29.9 Å². The molecule has 0 aliphatic rings. The normalized spacial score (nSPS) is 14.7. The Bertz CT molecular complexity index is 348. The van der Waals surface area contributed by atoms with E-state index in [9.17, 15) is 9.36 Å². The highest BCUT2D eigenvalue weighted by Crippen LogP contribution is 2.60. The predicted octanol–water partition coefficient (Wildman–Crippen LogP) is 4.18. The second kappa shape index (κ2) is 7.79. The minimum Gasteiger partial charge on any atom is -0.448 e. The van der Waals surface area contributed by atoms with Gasteiger partial charge in [-0.3, -0.25) is 9.36 Å². The van der Waals surface area contributed by atoms with Crippen molar-refractivity contribution in [3.05, 3.63) is 0 Å². The van der Waals surface area contributed by atoms with Crippen molar-refractivity contribution < 1.29 is 23.1 Å². The van der Waals surface area contributed by atoms with Gasteiger partial charge < -0.3 is 13.8 Å². The van der Waals surface area contributed by atoms with Crippen LogP contribution in [0.1, 0.15) is 48.5 Å². The highest BCUT2D eigenvalue weighted by Gasteiger charge is 2.48. The Morgan fingerprint density at radius 2 is 1.50 bits per heavy atom. The monoisotopic (exact) mass is 328 g/mol. The Kier molecular flexibility index (Phi) is 7.75. The largest absolute Gasteiger partial charge is 0.448 e. The lowest BCUT2D eigenvalue weighted by atomic mass is 9.98. The van der Waals surface area contributed by atoms with Crippen molar-refractivity contribution in [2.75, 3.05) is 5.88 Å². The first-order valence-electron chi connectivity index (χ1n) is 6.64. The molecular formula is C13H26ClO5P. The van der Waals surface area contributed by atoms with E-state index in [1.54, 1.807) is 48.5 Å². The molecule has 0 aliphatic carbocycles. The summed E-state index contributed by atoms with van der Waals surface area (Å²) in [5, 5.41) is 0. The standard InChI is InChI=1S/C13H26ClO5P/c1-9(2)18-20(16,19-10(3)4)12(13(5,6)7)17-11(15)8-14/h9-10,12H,8H2,1-7H3/t12-/m0/s1. The van der Waals surface area contributed by atoms with Crippen LogP contribution in [0, 0.1) is 5.41 Å². The summed E-state index contributed by atoms with van der Waals surface area (Å²) in [6, 6.07) is 0. The molecular weight excluding hydrogens is 303 g/mol. The van der Waals surface area contributed by atoms with Gasteiger partial charge in [0.2, 0.25) is 5.85 Å². The summed E-state index contributed by atoms with van der Waals surface area (Å²) in [6.07, 6.45) is -0.640. The van der Waals surface area contributed by atoms with E-state index in [1.165, 1.54) is 0 Å². The van der Waals surface area contributed by atoms with Gasteiger partial charge in [-0.25, -0.2) is 0 Å². The molecule has 0 fully saturated rings. The van der Waals surface area contributed by atoms with Crippen molar-refractivity contribution in [1.29, 1.82) is 0 Å². The lowest BCUT2D eigenvalue weighted by Gasteiger charge is -2.36. The third kappa shape index (κ3) is 6.57. The van der Waals surface area contributed by atoms with Crippen LogP contribution in [0.5, 0.6) is 0 Å². The van der Waals surface area contributed by atoms with Gasteiger partial charge >= 0.3 is 13.6 Å². The molecule has 0 aliphatic heterocycles. The molecule has 0 N–H and O–H groups in total. The molecule has 0 radical (unpaired) electrons. The summed E-state index contributed by atoms with van der Waals surface area (Å²) >= 11 is 5.46. The molecule has 20 heavy (non-hydrogen) atoms. The highest BCUT2D eigenvalue weighted by molar-refractivity contribution is 7.54. The molecule has 0 heterocycles. The first-order valence-corrected chi connectivity index (χ1v) is 8.79. The van der Waals surface area contributed by atoms with Crippen molar-refractivity contribution in [3.8, 4) is 0 Å². The van der Waals surface area contributed by atoms with Gasteiger partial charge in [0.05, 0.1) is 12.2 Å². The zero-order valence-corrected chi connectivity index (χ0v) is 15.0. The van der Waals surface area contributed by atoms with E-state index in [1.807, 2.05) is 0 Å². The lowest BCUT2D eigenvalue weighted by molar-refractivity contribution is -0.147. The van der Waals surface area contributed by atoms with E-state index in [0.29, 0.717) is 0 Å². The molecule has 0 rings (SSSR count). The molecule has 7 heteroatoms. The number of hydrogen-bond acceptors (Lipinski definition) is 5. The smallest absolute Gasteiger partial charge is 0.371 e. The molecule has 0 saturated carbocycles. The van der Waals surface area contributed by atoms with E-state index >= 15 is 0 Å². The summed E-state index contributed by atoms with van der Waals surface area (Å²) < 4.78 is 29.3. The fourth-order valence-corrected chi connectivity index (χ4v) is 4.30. The van der Waals surface area contributed by atoms with Crippen LogP contribution < -0.4 is 0 Å². The zero-order chi connectivity index (χ0) is 16.1. The summed E-state index contributed by atoms with van der Waals surface area (Å²) in [4.78, 5) is 11.5. The maximum absolute atomic E-state index is 13.1. The number of rotatable bonds is 7. The van der Waals surface area contributed by atoms with Gasteiger partial charge in [0.15, 0.2) is 0 Å². The quantitative estimate of drug-likeness (QED) is 0.398. The summed E-state index contributed by atoms with van der Waals surface area (Å²) in [7, 11) is -3.63. The number of hydrogen-bond donors (Lipinski definition) is 0. The van der Waals surface area contributed by atoms with Crippen molar-refractivity contribution in [2.24, 2.45) is 5.41 Å². The fourth-order valence-electron chi connectivity index (χ4n) is 1.59. The van der Waals surface area contributed by atoms with E-state index in [-0.39, 0.29) is 18.1 Å². The van der Waals surface area contributed by atoms with Crippen LogP contribution in [0.3, 0.4) is 0 Å². The Hall–Kier alpha value is -0.0900. The van der Waals surface area contributed by atoms with Crippen molar-refractivity contribution in [2.45, 2.75) is 66.5 Å². The summed E-state index contributed by atoms with van der Waals surface area (Å²) in [5.41, 5.74) is -0.610. The Balaban J connectivity index is 5.51. The molecule has 0 aromatic heterocycles. The third-order valence-electron chi connectivity index (χ3n) is 2.10. The van der Waals surface area contributed by atoms with Crippen LogP contribution in [-0.2, 0) is 23.1 Å². The van der Waals surface area contributed by atoms with Crippen LogP contribution >= 0.6 is 19.2 Å². The summed E-state index contributed by atoms with van der Waals surface area (Å²) in [5.74, 6) is -1.96. The van der Waals surface area contributed by atoms with Crippen molar-refractivity contribution >= 4 is 25.2 Å². The summed E-state index contributed by atoms with van der Waals surface area (Å²) in [6.45, 7) is 12.4. The van der Waals surface area contributed by atoms with Crippen molar-refractivity contribution in [1.82, 2.24) is 0 Å². The Morgan fingerprint density at radius 1 is 1.10 bits per heavy atom.